The van der Waals surface area contributed by atoms with Gasteiger partial charge in [-0.05, 0) is 58.8 Å². The lowest BCUT2D eigenvalue weighted by atomic mass is 9.76. The highest BCUT2D eigenvalue weighted by atomic mass is 16.3. The minimum absolute atomic E-state index is 0.323. The second-order valence-corrected chi connectivity index (χ2v) is 5.78. The first-order valence-electron chi connectivity index (χ1n) is 6.54. The summed E-state index contributed by atoms with van der Waals surface area (Å²) in [6, 6.07) is 0. The summed E-state index contributed by atoms with van der Waals surface area (Å²) in [4.78, 5) is 0. The van der Waals surface area contributed by atoms with Crippen molar-refractivity contribution in [3.63, 3.8) is 0 Å². The van der Waals surface area contributed by atoms with Crippen LogP contribution in [-0.4, -0.2) is 21.9 Å². The van der Waals surface area contributed by atoms with Crippen LogP contribution in [0.2, 0.25) is 0 Å². The van der Waals surface area contributed by atoms with Gasteiger partial charge in [-0.2, -0.15) is 0 Å². The highest BCUT2D eigenvalue weighted by molar-refractivity contribution is 5.06. The van der Waals surface area contributed by atoms with E-state index in [1.165, 1.54) is 5.57 Å². The molecule has 0 spiro atoms. The number of hydrogen-bond donors (Lipinski definition) is 2. The van der Waals surface area contributed by atoms with Crippen molar-refractivity contribution in [2.24, 2.45) is 5.92 Å². The quantitative estimate of drug-likeness (QED) is 0.722. The normalized spacial score (nSPS) is 25.9. The molecule has 0 aliphatic heterocycles. The number of hydrogen-bond acceptors (Lipinski definition) is 2. The zero-order valence-corrected chi connectivity index (χ0v) is 11.4. The Kier molecular flexibility index (Phi) is 4.96. The van der Waals surface area contributed by atoms with E-state index in [-0.39, 0.29) is 0 Å². The van der Waals surface area contributed by atoms with Gasteiger partial charge in [0.1, 0.15) is 0 Å². The fraction of sp³-hybridized carbons (Fsp3) is 0.733. The molecule has 0 saturated carbocycles. The molecule has 1 aliphatic rings. The number of rotatable bonds is 5. The molecule has 1 rings (SSSR count). The Morgan fingerprint density at radius 2 is 2.29 bits per heavy atom. The summed E-state index contributed by atoms with van der Waals surface area (Å²) < 4.78 is 0. The summed E-state index contributed by atoms with van der Waals surface area (Å²) in [5.41, 5.74) is 1.53. The van der Waals surface area contributed by atoms with Crippen molar-refractivity contribution in [2.45, 2.75) is 64.6 Å². The van der Waals surface area contributed by atoms with Crippen LogP contribution in [0.25, 0.3) is 0 Å². The third-order valence-corrected chi connectivity index (χ3v) is 4.01. The third-order valence-electron chi connectivity index (χ3n) is 4.01. The molecule has 1 aliphatic carbocycles. The molecule has 0 bridgehead atoms. The van der Waals surface area contributed by atoms with Gasteiger partial charge >= 0.3 is 0 Å². The lowest BCUT2D eigenvalue weighted by Crippen LogP contribution is -2.36. The highest BCUT2D eigenvalue weighted by Gasteiger charge is 2.32. The summed E-state index contributed by atoms with van der Waals surface area (Å²) in [6.45, 7) is 9.61. The molecular weight excluding hydrogens is 212 g/mol. The van der Waals surface area contributed by atoms with Crippen LogP contribution in [0.4, 0.5) is 0 Å². The van der Waals surface area contributed by atoms with E-state index in [1.807, 2.05) is 13.8 Å². The Morgan fingerprint density at radius 1 is 1.65 bits per heavy atom. The van der Waals surface area contributed by atoms with Crippen LogP contribution in [0.5, 0.6) is 0 Å². The molecule has 17 heavy (non-hydrogen) atoms. The number of allylic oxidation sites excluding steroid dienone is 2. The smallest absolute Gasteiger partial charge is 0.0745 e. The maximum absolute atomic E-state index is 10.5. The lowest BCUT2D eigenvalue weighted by Gasteiger charge is -2.35. The van der Waals surface area contributed by atoms with E-state index in [2.05, 4.69) is 19.6 Å². The Morgan fingerprint density at radius 3 is 2.76 bits per heavy atom. The fourth-order valence-corrected chi connectivity index (χ4v) is 2.41. The van der Waals surface area contributed by atoms with E-state index < -0.39 is 11.7 Å². The summed E-state index contributed by atoms with van der Waals surface area (Å²) >= 11 is 0. The maximum Gasteiger partial charge on any atom is 0.0745 e. The van der Waals surface area contributed by atoms with Crippen molar-refractivity contribution in [3.05, 3.63) is 23.8 Å². The molecule has 0 aromatic heterocycles. The Balaban J connectivity index is 2.48. The summed E-state index contributed by atoms with van der Waals surface area (Å²) in [7, 11) is 0. The first-order valence-corrected chi connectivity index (χ1v) is 6.54. The number of aliphatic hydroxyl groups is 2. The molecule has 2 N–H and O–H groups in total. The molecule has 2 heteroatoms. The van der Waals surface area contributed by atoms with Gasteiger partial charge < -0.3 is 10.2 Å². The molecule has 0 amide bonds. The van der Waals surface area contributed by atoms with Gasteiger partial charge in [-0.3, -0.25) is 0 Å². The van der Waals surface area contributed by atoms with Crippen molar-refractivity contribution >= 4 is 0 Å². The topological polar surface area (TPSA) is 40.5 Å². The van der Waals surface area contributed by atoms with E-state index in [0.29, 0.717) is 18.8 Å². The zero-order chi connectivity index (χ0) is 13.1. The molecule has 0 aromatic rings. The van der Waals surface area contributed by atoms with Gasteiger partial charge in [-0.1, -0.05) is 23.8 Å². The van der Waals surface area contributed by atoms with Gasteiger partial charge in [0.05, 0.1) is 11.7 Å². The molecule has 2 nitrogen and oxygen atoms in total. The first-order chi connectivity index (χ1) is 7.83. The molecule has 0 radical (unpaired) electrons. The molecule has 0 saturated heterocycles. The van der Waals surface area contributed by atoms with Crippen LogP contribution in [0, 0.1) is 5.92 Å². The molecule has 0 aromatic carbocycles. The van der Waals surface area contributed by atoms with Crippen LogP contribution in [0.3, 0.4) is 0 Å². The standard InChI is InChI=1S/C15H26O2/c1-11(2)14(16)9-10-15(4,17)13-7-5-12(3)6-8-13/h5,13-14,16-17H,1,6-10H2,2-4H3/t13-,14?,15+/m0/s1. The Hall–Kier alpha value is -0.600. The monoisotopic (exact) mass is 238 g/mol. The van der Waals surface area contributed by atoms with E-state index in [0.717, 1.165) is 24.8 Å². The van der Waals surface area contributed by atoms with Crippen molar-refractivity contribution in [1.82, 2.24) is 0 Å². The summed E-state index contributed by atoms with van der Waals surface area (Å²) in [6.07, 6.45) is 6.09. The second-order valence-electron chi connectivity index (χ2n) is 5.78. The molecule has 3 atom stereocenters. The lowest BCUT2D eigenvalue weighted by molar-refractivity contribution is -0.0216. The zero-order valence-electron chi connectivity index (χ0n) is 11.4. The largest absolute Gasteiger partial charge is 0.390 e. The minimum atomic E-state index is -0.673. The van der Waals surface area contributed by atoms with Crippen molar-refractivity contribution in [3.8, 4) is 0 Å². The minimum Gasteiger partial charge on any atom is -0.390 e. The molecule has 98 valence electrons. The van der Waals surface area contributed by atoms with Crippen LogP contribution < -0.4 is 0 Å². The number of aliphatic hydroxyl groups excluding tert-OH is 1. The predicted molar refractivity (Wildman–Crippen MR) is 71.8 cm³/mol. The van der Waals surface area contributed by atoms with Crippen LogP contribution in [0.1, 0.15) is 52.9 Å². The molecule has 1 unspecified atom stereocenters. The van der Waals surface area contributed by atoms with Gasteiger partial charge in [0.15, 0.2) is 0 Å². The fourth-order valence-electron chi connectivity index (χ4n) is 2.41. The summed E-state index contributed by atoms with van der Waals surface area (Å²) in [5, 5.41) is 20.2. The van der Waals surface area contributed by atoms with E-state index in [1.54, 1.807) is 0 Å². The van der Waals surface area contributed by atoms with Crippen LogP contribution in [-0.2, 0) is 0 Å². The van der Waals surface area contributed by atoms with Crippen molar-refractivity contribution in [1.29, 1.82) is 0 Å². The van der Waals surface area contributed by atoms with Crippen LogP contribution >= 0.6 is 0 Å². The van der Waals surface area contributed by atoms with Gasteiger partial charge in [0.2, 0.25) is 0 Å². The van der Waals surface area contributed by atoms with Gasteiger partial charge in [-0.25, -0.2) is 0 Å². The first kappa shape index (κ1) is 14.5. The van der Waals surface area contributed by atoms with E-state index in [4.69, 9.17) is 0 Å². The van der Waals surface area contributed by atoms with E-state index in [9.17, 15) is 10.2 Å². The van der Waals surface area contributed by atoms with E-state index >= 15 is 0 Å². The average molecular weight is 238 g/mol. The van der Waals surface area contributed by atoms with Gasteiger partial charge in [-0.15, -0.1) is 0 Å². The molecular formula is C15H26O2. The van der Waals surface area contributed by atoms with Crippen LogP contribution in [0.15, 0.2) is 23.8 Å². The Bertz CT molecular complexity index is 302. The van der Waals surface area contributed by atoms with Crippen molar-refractivity contribution < 1.29 is 10.2 Å². The van der Waals surface area contributed by atoms with Gasteiger partial charge in [0.25, 0.3) is 0 Å². The average Bonchev–Trinajstić information content (AvgIpc) is 2.26. The Labute approximate surface area is 105 Å². The summed E-state index contributed by atoms with van der Waals surface area (Å²) in [5.74, 6) is 0.323. The SMILES string of the molecule is C=C(C)C(O)CC[C@@](C)(O)[C@H]1CC=C(C)CC1. The van der Waals surface area contributed by atoms with Crippen molar-refractivity contribution in [2.75, 3.05) is 0 Å². The second kappa shape index (κ2) is 5.83. The predicted octanol–water partition coefficient (Wildman–Crippen LogP) is 3.20. The molecule has 0 heterocycles. The third kappa shape index (κ3) is 4.29. The molecule has 0 fully saturated rings. The maximum atomic E-state index is 10.5. The highest BCUT2D eigenvalue weighted by Crippen LogP contribution is 2.35. The van der Waals surface area contributed by atoms with Gasteiger partial charge in [0, 0.05) is 0 Å².